The van der Waals surface area contributed by atoms with Gasteiger partial charge in [-0.05, 0) is 36.8 Å². The van der Waals surface area contributed by atoms with E-state index < -0.39 is 5.60 Å². The lowest BCUT2D eigenvalue weighted by atomic mass is 9.67. The summed E-state index contributed by atoms with van der Waals surface area (Å²) in [6, 6.07) is 10.2. The molecule has 0 amide bonds. The lowest BCUT2D eigenvalue weighted by Crippen LogP contribution is -2.40. The van der Waals surface area contributed by atoms with Gasteiger partial charge in [-0.2, -0.15) is 0 Å². The monoisotopic (exact) mass is 269 g/mol. The van der Waals surface area contributed by atoms with Crippen molar-refractivity contribution in [2.45, 2.75) is 45.1 Å². The van der Waals surface area contributed by atoms with E-state index >= 15 is 0 Å². The molecule has 2 heteroatoms. The topological polar surface area (TPSA) is 33.1 Å². The van der Waals surface area contributed by atoms with Gasteiger partial charge in [-0.1, -0.05) is 44.9 Å². The number of fused-ring (bicyclic) bond motifs is 1. The third-order valence-electron chi connectivity index (χ3n) is 4.83. The molecule has 2 nitrogen and oxygen atoms in total. The lowest BCUT2D eigenvalue weighted by molar-refractivity contribution is -0.0722. The van der Waals surface area contributed by atoms with Crippen LogP contribution in [0.25, 0.3) is 10.9 Å². The highest BCUT2D eigenvalue weighted by atomic mass is 16.3. The normalized spacial score (nSPS) is 27.1. The molecule has 1 aliphatic carbocycles. The summed E-state index contributed by atoms with van der Waals surface area (Å²) < 4.78 is 0. The maximum absolute atomic E-state index is 11.3. The van der Waals surface area contributed by atoms with Gasteiger partial charge >= 0.3 is 0 Å². The van der Waals surface area contributed by atoms with Gasteiger partial charge < -0.3 is 5.11 Å². The third-order valence-corrected chi connectivity index (χ3v) is 4.83. The Hall–Kier alpha value is -1.41. The van der Waals surface area contributed by atoms with E-state index in [1.165, 1.54) is 6.42 Å². The van der Waals surface area contributed by atoms with Crippen molar-refractivity contribution in [3.05, 3.63) is 42.1 Å². The molecular formula is C18H23NO. The molecule has 0 radical (unpaired) electrons. The molecule has 2 atom stereocenters. The Kier molecular flexibility index (Phi) is 3.51. The summed E-state index contributed by atoms with van der Waals surface area (Å²) in [7, 11) is 0. The average molecular weight is 269 g/mol. The average Bonchev–Trinajstić information content (AvgIpc) is 2.47. The largest absolute Gasteiger partial charge is 0.385 e. The number of aromatic nitrogens is 1. The number of aliphatic hydroxyl groups is 1. The molecule has 3 rings (SSSR count). The summed E-state index contributed by atoms with van der Waals surface area (Å²) in [6.45, 7) is 4.44. The maximum Gasteiger partial charge on any atom is 0.0942 e. The molecule has 0 saturated heterocycles. The Morgan fingerprint density at radius 3 is 2.85 bits per heavy atom. The number of nitrogens with zero attached hydrogens (tertiary/aromatic N) is 1. The quantitative estimate of drug-likeness (QED) is 0.883. The number of hydrogen-bond donors (Lipinski definition) is 1. The van der Waals surface area contributed by atoms with Crippen molar-refractivity contribution < 1.29 is 5.11 Å². The van der Waals surface area contributed by atoms with Gasteiger partial charge in [-0.15, -0.1) is 0 Å². The highest BCUT2D eigenvalue weighted by Gasteiger charge is 2.42. The summed E-state index contributed by atoms with van der Waals surface area (Å²) in [5, 5.41) is 12.4. The van der Waals surface area contributed by atoms with Crippen molar-refractivity contribution in [3.8, 4) is 0 Å². The van der Waals surface area contributed by atoms with E-state index in [1.807, 2.05) is 24.4 Å². The fourth-order valence-corrected chi connectivity index (χ4v) is 3.73. The van der Waals surface area contributed by atoms with Gasteiger partial charge in [0.25, 0.3) is 0 Å². The summed E-state index contributed by atoms with van der Waals surface area (Å²) >= 11 is 0. The fourth-order valence-electron chi connectivity index (χ4n) is 3.73. The van der Waals surface area contributed by atoms with Crippen LogP contribution < -0.4 is 0 Å². The Balaban J connectivity index is 2.06. The Morgan fingerprint density at radius 2 is 2.05 bits per heavy atom. The zero-order valence-corrected chi connectivity index (χ0v) is 12.3. The first kappa shape index (κ1) is 13.6. The first-order chi connectivity index (χ1) is 9.61. The molecule has 2 aromatic rings. The summed E-state index contributed by atoms with van der Waals surface area (Å²) in [6.07, 6.45) is 6.18. The zero-order chi connectivity index (χ0) is 14.2. The predicted octanol–water partition coefficient (Wildman–Crippen LogP) is 4.27. The molecule has 1 heterocycles. The number of rotatable bonds is 2. The van der Waals surface area contributed by atoms with Crippen LogP contribution in [-0.4, -0.2) is 10.1 Å². The van der Waals surface area contributed by atoms with Crippen LogP contribution in [-0.2, 0) is 5.60 Å². The molecule has 20 heavy (non-hydrogen) atoms. The van der Waals surface area contributed by atoms with Crippen LogP contribution >= 0.6 is 0 Å². The molecule has 1 saturated carbocycles. The highest BCUT2D eigenvalue weighted by Crippen LogP contribution is 2.45. The first-order valence-electron chi connectivity index (χ1n) is 7.69. The smallest absolute Gasteiger partial charge is 0.0942 e. The van der Waals surface area contributed by atoms with E-state index in [2.05, 4.69) is 31.0 Å². The van der Waals surface area contributed by atoms with Crippen molar-refractivity contribution in [2.24, 2.45) is 11.8 Å². The molecule has 0 bridgehead atoms. The second kappa shape index (κ2) is 5.17. The first-order valence-corrected chi connectivity index (χ1v) is 7.69. The van der Waals surface area contributed by atoms with Gasteiger partial charge in [-0.25, -0.2) is 0 Å². The lowest BCUT2D eigenvalue weighted by Gasteiger charge is -2.42. The zero-order valence-electron chi connectivity index (χ0n) is 12.3. The molecule has 1 fully saturated rings. The number of para-hydroxylation sites is 1. The van der Waals surface area contributed by atoms with Gasteiger partial charge in [0.15, 0.2) is 0 Å². The molecule has 0 spiro atoms. The molecule has 1 N–H and O–H groups in total. The van der Waals surface area contributed by atoms with Crippen molar-refractivity contribution in [1.29, 1.82) is 0 Å². The molecule has 1 aromatic carbocycles. The second-order valence-corrected chi connectivity index (χ2v) is 6.44. The fraction of sp³-hybridized carbons (Fsp3) is 0.500. The minimum Gasteiger partial charge on any atom is -0.385 e. The standard InChI is InChI=1S/C18H23NO/c1-13(2)16-8-5-6-10-18(16,20)15-11-14-7-3-4-9-17(14)19-12-15/h3-4,7,9,11-13,16,20H,5-6,8,10H2,1-2H3. The van der Waals surface area contributed by atoms with E-state index in [1.54, 1.807) is 0 Å². The van der Waals surface area contributed by atoms with Gasteiger partial charge in [0.05, 0.1) is 11.1 Å². The maximum atomic E-state index is 11.3. The minimum absolute atomic E-state index is 0.333. The summed E-state index contributed by atoms with van der Waals surface area (Å²) in [5.41, 5.74) is 1.29. The van der Waals surface area contributed by atoms with Crippen molar-refractivity contribution >= 4 is 10.9 Å². The predicted molar refractivity (Wildman–Crippen MR) is 82.4 cm³/mol. The van der Waals surface area contributed by atoms with Crippen LogP contribution in [0.5, 0.6) is 0 Å². The van der Waals surface area contributed by atoms with E-state index in [0.717, 1.165) is 35.7 Å². The number of benzene rings is 1. The van der Waals surface area contributed by atoms with Crippen LogP contribution in [0.4, 0.5) is 0 Å². The van der Waals surface area contributed by atoms with Crippen LogP contribution in [0.3, 0.4) is 0 Å². The van der Waals surface area contributed by atoms with E-state index in [9.17, 15) is 5.11 Å². The molecule has 0 aliphatic heterocycles. The minimum atomic E-state index is -0.705. The van der Waals surface area contributed by atoms with Crippen LogP contribution in [0, 0.1) is 11.8 Å². The van der Waals surface area contributed by atoms with Gasteiger partial charge in [0, 0.05) is 17.1 Å². The molecule has 106 valence electrons. The highest BCUT2D eigenvalue weighted by molar-refractivity contribution is 5.78. The second-order valence-electron chi connectivity index (χ2n) is 6.44. The van der Waals surface area contributed by atoms with Crippen molar-refractivity contribution in [1.82, 2.24) is 4.98 Å². The molecule has 1 aromatic heterocycles. The Labute approximate surface area is 120 Å². The van der Waals surface area contributed by atoms with Crippen molar-refractivity contribution in [3.63, 3.8) is 0 Å². The molecule has 2 unspecified atom stereocenters. The summed E-state index contributed by atoms with van der Waals surface area (Å²) in [5.74, 6) is 0.825. The Morgan fingerprint density at radius 1 is 1.25 bits per heavy atom. The Bertz CT molecular complexity index is 607. The number of hydrogen-bond acceptors (Lipinski definition) is 2. The van der Waals surface area contributed by atoms with Gasteiger partial charge in [0.2, 0.25) is 0 Å². The summed E-state index contributed by atoms with van der Waals surface area (Å²) in [4.78, 5) is 4.54. The molecular weight excluding hydrogens is 246 g/mol. The van der Waals surface area contributed by atoms with Crippen LogP contribution in [0.2, 0.25) is 0 Å². The van der Waals surface area contributed by atoms with E-state index in [4.69, 9.17) is 0 Å². The van der Waals surface area contributed by atoms with Crippen LogP contribution in [0.1, 0.15) is 45.1 Å². The SMILES string of the molecule is CC(C)C1CCCCC1(O)c1cnc2ccccc2c1. The number of pyridine rings is 1. The van der Waals surface area contributed by atoms with Gasteiger partial charge in [0.1, 0.15) is 0 Å². The van der Waals surface area contributed by atoms with Gasteiger partial charge in [-0.3, -0.25) is 4.98 Å². The third kappa shape index (κ3) is 2.22. The van der Waals surface area contributed by atoms with Crippen molar-refractivity contribution in [2.75, 3.05) is 0 Å². The van der Waals surface area contributed by atoms with E-state index in [-0.39, 0.29) is 0 Å². The molecule has 1 aliphatic rings. The van der Waals surface area contributed by atoms with Crippen LogP contribution in [0.15, 0.2) is 36.5 Å². The van der Waals surface area contributed by atoms with E-state index in [0.29, 0.717) is 11.8 Å².